The highest BCUT2D eigenvalue weighted by molar-refractivity contribution is 7.13. The molecule has 1 N–H and O–H groups in total. The summed E-state index contributed by atoms with van der Waals surface area (Å²) in [5, 5.41) is 3.62. The minimum Gasteiger partial charge on any atom is -0.347 e. The Morgan fingerprint density at radius 2 is 2.29 bits per heavy atom. The van der Waals surface area contributed by atoms with Crippen LogP contribution in [-0.4, -0.2) is 22.3 Å². The molecule has 14 heavy (non-hydrogen) atoms. The van der Waals surface area contributed by atoms with Gasteiger partial charge in [0.25, 0.3) is 5.91 Å². The summed E-state index contributed by atoms with van der Waals surface area (Å²) < 4.78 is 0. The molecular formula is C9H13ClN2OS. The van der Waals surface area contributed by atoms with Crippen LogP contribution in [0.3, 0.4) is 0 Å². The molecule has 0 saturated carbocycles. The van der Waals surface area contributed by atoms with Crippen LogP contribution in [0.5, 0.6) is 0 Å². The standard InChI is InChI=1S/C9H13ClN2OS/c1-5(10)6(2)12-9(13)8-4-11-7(3)14-8/h4-6H,1-3H3,(H,12,13). The van der Waals surface area contributed by atoms with Crippen LogP contribution in [0.2, 0.25) is 0 Å². The molecule has 0 spiro atoms. The molecule has 0 aliphatic rings. The first-order chi connectivity index (χ1) is 6.50. The van der Waals surface area contributed by atoms with Crippen molar-refractivity contribution in [2.45, 2.75) is 32.2 Å². The van der Waals surface area contributed by atoms with E-state index in [1.54, 1.807) is 6.20 Å². The van der Waals surface area contributed by atoms with Gasteiger partial charge in [0.1, 0.15) is 4.88 Å². The van der Waals surface area contributed by atoms with Crippen molar-refractivity contribution in [3.8, 4) is 0 Å². The normalized spacial score (nSPS) is 14.9. The summed E-state index contributed by atoms with van der Waals surface area (Å²) in [5.41, 5.74) is 0. The van der Waals surface area contributed by atoms with Crippen molar-refractivity contribution in [3.05, 3.63) is 16.1 Å². The largest absolute Gasteiger partial charge is 0.347 e. The fourth-order valence-corrected chi connectivity index (χ4v) is 1.60. The molecule has 0 radical (unpaired) electrons. The van der Waals surface area contributed by atoms with Gasteiger partial charge in [0, 0.05) is 6.04 Å². The fraction of sp³-hybridized carbons (Fsp3) is 0.556. The van der Waals surface area contributed by atoms with E-state index in [4.69, 9.17) is 11.6 Å². The number of thiazole rings is 1. The second-order valence-corrected chi connectivity index (χ2v) is 5.11. The number of amides is 1. The van der Waals surface area contributed by atoms with Gasteiger partial charge in [0.05, 0.1) is 16.6 Å². The van der Waals surface area contributed by atoms with Gasteiger partial charge in [-0.15, -0.1) is 22.9 Å². The Labute approximate surface area is 92.5 Å². The number of aryl methyl sites for hydroxylation is 1. The van der Waals surface area contributed by atoms with E-state index in [2.05, 4.69) is 10.3 Å². The molecule has 78 valence electrons. The topological polar surface area (TPSA) is 42.0 Å². The zero-order valence-corrected chi connectivity index (χ0v) is 9.95. The second-order valence-electron chi connectivity index (χ2n) is 3.18. The van der Waals surface area contributed by atoms with Gasteiger partial charge in [-0.1, -0.05) is 0 Å². The molecule has 1 aromatic rings. The number of rotatable bonds is 3. The van der Waals surface area contributed by atoms with Crippen molar-refractivity contribution >= 4 is 28.8 Å². The number of carbonyl (C=O) groups is 1. The fourth-order valence-electron chi connectivity index (χ4n) is 0.859. The van der Waals surface area contributed by atoms with Crippen LogP contribution in [0.4, 0.5) is 0 Å². The average molecular weight is 233 g/mol. The summed E-state index contributed by atoms with van der Waals surface area (Å²) in [6.45, 7) is 5.60. The zero-order valence-electron chi connectivity index (χ0n) is 8.37. The van der Waals surface area contributed by atoms with E-state index in [9.17, 15) is 4.79 Å². The number of hydrogen-bond donors (Lipinski definition) is 1. The van der Waals surface area contributed by atoms with E-state index in [1.807, 2.05) is 20.8 Å². The Morgan fingerprint density at radius 3 is 2.71 bits per heavy atom. The first-order valence-electron chi connectivity index (χ1n) is 4.38. The van der Waals surface area contributed by atoms with Gasteiger partial charge in [-0.25, -0.2) is 4.98 Å². The lowest BCUT2D eigenvalue weighted by Crippen LogP contribution is -2.37. The third-order valence-electron chi connectivity index (χ3n) is 1.89. The lowest BCUT2D eigenvalue weighted by molar-refractivity contribution is 0.0943. The van der Waals surface area contributed by atoms with Gasteiger partial charge >= 0.3 is 0 Å². The maximum absolute atomic E-state index is 11.6. The van der Waals surface area contributed by atoms with Crippen LogP contribution in [-0.2, 0) is 0 Å². The Kier molecular flexibility index (Phi) is 3.89. The molecule has 0 bridgehead atoms. The van der Waals surface area contributed by atoms with E-state index < -0.39 is 0 Å². The van der Waals surface area contributed by atoms with Crippen LogP contribution in [0.15, 0.2) is 6.20 Å². The number of halogens is 1. The average Bonchev–Trinajstić information content (AvgIpc) is 2.51. The summed E-state index contributed by atoms with van der Waals surface area (Å²) in [6, 6.07) is -0.0356. The SMILES string of the molecule is Cc1ncc(C(=O)NC(C)C(C)Cl)s1. The molecule has 0 aromatic carbocycles. The third kappa shape index (κ3) is 2.96. The van der Waals surface area contributed by atoms with E-state index >= 15 is 0 Å². The Hall–Kier alpha value is -0.610. The molecule has 1 heterocycles. The van der Waals surface area contributed by atoms with Gasteiger partial charge in [-0.3, -0.25) is 4.79 Å². The highest BCUT2D eigenvalue weighted by atomic mass is 35.5. The number of aromatic nitrogens is 1. The number of hydrogen-bond acceptors (Lipinski definition) is 3. The maximum atomic E-state index is 11.6. The molecule has 2 atom stereocenters. The first-order valence-corrected chi connectivity index (χ1v) is 5.63. The molecular weight excluding hydrogens is 220 g/mol. The summed E-state index contributed by atoms with van der Waals surface area (Å²) in [6.07, 6.45) is 1.58. The summed E-state index contributed by atoms with van der Waals surface area (Å²) in [5.74, 6) is -0.101. The molecule has 1 aromatic heterocycles. The van der Waals surface area contributed by atoms with Gasteiger partial charge in [0.2, 0.25) is 0 Å². The van der Waals surface area contributed by atoms with Crippen LogP contribution < -0.4 is 5.32 Å². The monoisotopic (exact) mass is 232 g/mol. The van der Waals surface area contributed by atoms with Crippen LogP contribution in [0.25, 0.3) is 0 Å². The summed E-state index contributed by atoms with van der Waals surface area (Å²) in [7, 11) is 0. The van der Waals surface area contributed by atoms with Crippen LogP contribution in [0, 0.1) is 6.92 Å². The van der Waals surface area contributed by atoms with Crippen molar-refractivity contribution in [1.82, 2.24) is 10.3 Å². The molecule has 0 saturated heterocycles. The molecule has 1 rings (SSSR count). The maximum Gasteiger partial charge on any atom is 0.263 e. The van der Waals surface area contributed by atoms with Crippen LogP contribution >= 0.6 is 22.9 Å². The smallest absolute Gasteiger partial charge is 0.263 e. The quantitative estimate of drug-likeness (QED) is 0.812. The van der Waals surface area contributed by atoms with Crippen molar-refractivity contribution in [1.29, 1.82) is 0 Å². The molecule has 5 heteroatoms. The van der Waals surface area contributed by atoms with Gasteiger partial charge in [-0.2, -0.15) is 0 Å². The molecule has 0 aliphatic heterocycles. The third-order valence-corrected chi connectivity index (χ3v) is 3.18. The number of alkyl halides is 1. The van der Waals surface area contributed by atoms with Gasteiger partial charge in [-0.05, 0) is 20.8 Å². The highest BCUT2D eigenvalue weighted by Crippen LogP contribution is 2.12. The van der Waals surface area contributed by atoms with E-state index in [0.717, 1.165) is 5.01 Å². The predicted octanol–water partition coefficient (Wildman–Crippen LogP) is 2.20. The van der Waals surface area contributed by atoms with E-state index in [0.29, 0.717) is 4.88 Å². The second kappa shape index (κ2) is 4.75. The molecule has 2 unspecified atom stereocenters. The lowest BCUT2D eigenvalue weighted by Gasteiger charge is -2.14. The molecule has 0 aliphatic carbocycles. The summed E-state index contributed by atoms with van der Waals surface area (Å²) in [4.78, 5) is 16.2. The van der Waals surface area contributed by atoms with Crippen molar-refractivity contribution in [2.75, 3.05) is 0 Å². The first kappa shape index (κ1) is 11.5. The van der Waals surface area contributed by atoms with Crippen molar-refractivity contribution in [3.63, 3.8) is 0 Å². The lowest BCUT2D eigenvalue weighted by atomic mass is 10.2. The minimum atomic E-state index is -0.101. The Bertz CT molecular complexity index is 324. The van der Waals surface area contributed by atoms with Gasteiger partial charge < -0.3 is 5.32 Å². The number of carbonyl (C=O) groups excluding carboxylic acids is 1. The molecule has 1 amide bonds. The van der Waals surface area contributed by atoms with Crippen molar-refractivity contribution in [2.24, 2.45) is 0 Å². The molecule has 3 nitrogen and oxygen atoms in total. The van der Waals surface area contributed by atoms with Gasteiger partial charge in [0.15, 0.2) is 0 Å². The Morgan fingerprint density at radius 1 is 1.64 bits per heavy atom. The zero-order chi connectivity index (χ0) is 10.7. The minimum absolute atomic E-state index is 0.0356. The molecule has 0 fully saturated rings. The van der Waals surface area contributed by atoms with E-state index in [-0.39, 0.29) is 17.3 Å². The van der Waals surface area contributed by atoms with E-state index in [1.165, 1.54) is 11.3 Å². The summed E-state index contributed by atoms with van der Waals surface area (Å²) >= 11 is 7.22. The highest BCUT2D eigenvalue weighted by Gasteiger charge is 2.15. The van der Waals surface area contributed by atoms with Crippen molar-refractivity contribution < 1.29 is 4.79 Å². The number of nitrogens with one attached hydrogen (secondary N) is 1. The Balaban J connectivity index is 2.59. The number of nitrogens with zero attached hydrogens (tertiary/aromatic N) is 1. The van der Waals surface area contributed by atoms with Crippen LogP contribution in [0.1, 0.15) is 28.5 Å². The predicted molar refractivity (Wildman–Crippen MR) is 59.1 cm³/mol.